The Morgan fingerprint density at radius 1 is 1.27 bits per heavy atom. The monoisotopic (exact) mass is 298 g/mol. The molecule has 22 heavy (non-hydrogen) atoms. The van der Waals surface area contributed by atoms with Crippen molar-refractivity contribution in [1.82, 2.24) is 9.97 Å². The zero-order valence-corrected chi connectivity index (χ0v) is 12.9. The second-order valence-electron chi connectivity index (χ2n) is 5.56. The SMILES string of the molecule is COc1ccc(-c2nc(C3CC3)ncc2NCCCN)cc1. The summed E-state index contributed by atoms with van der Waals surface area (Å²) < 4.78 is 5.22. The molecule has 0 saturated heterocycles. The summed E-state index contributed by atoms with van der Waals surface area (Å²) in [5.41, 5.74) is 8.55. The molecule has 0 unspecified atom stereocenters. The van der Waals surface area contributed by atoms with Crippen LogP contribution < -0.4 is 15.8 Å². The van der Waals surface area contributed by atoms with E-state index < -0.39 is 0 Å². The van der Waals surface area contributed by atoms with Crippen LogP contribution in [0.2, 0.25) is 0 Å². The molecule has 0 aliphatic heterocycles. The maximum atomic E-state index is 5.56. The first kappa shape index (κ1) is 14.8. The van der Waals surface area contributed by atoms with Crippen molar-refractivity contribution in [3.8, 4) is 17.0 Å². The standard InChI is InChI=1S/C17H22N4O/c1-22-14-7-5-12(6-8-14)16-15(19-10-2-9-18)11-20-17(21-16)13-3-4-13/h5-8,11,13,19H,2-4,9-10,18H2,1H3. The highest BCUT2D eigenvalue weighted by Gasteiger charge is 2.27. The molecule has 1 fully saturated rings. The number of nitrogens with zero attached hydrogens (tertiary/aromatic N) is 2. The van der Waals surface area contributed by atoms with Gasteiger partial charge in [0.2, 0.25) is 0 Å². The van der Waals surface area contributed by atoms with Gasteiger partial charge in [0.15, 0.2) is 0 Å². The van der Waals surface area contributed by atoms with Crippen LogP contribution in [0.15, 0.2) is 30.5 Å². The minimum Gasteiger partial charge on any atom is -0.497 e. The van der Waals surface area contributed by atoms with E-state index in [2.05, 4.69) is 10.3 Å². The number of nitrogens with one attached hydrogen (secondary N) is 1. The molecule has 5 nitrogen and oxygen atoms in total. The maximum Gasteiger partial charge on any atom is 0.132 e. The summed E-state index contributed by atoms with van der Waals surface area (Å²) in [6, 6.07) is 7.98. The van der Waals surface area contributed by atoms with Gasteiger partial charge in [-0.25, -0.2) is 9.97 Å². The number of aromatic nitrogens is 2. The van der Waals surface area contributed by atoms with E-state index in [4.69, 9.17) is 15.5 Å². The summed E-state index contributed by atoms with van der Waals surface area (Å²) in [5.74, 6) is 2.34. The molecule has 0 bridgehead atoms. The van der Waals surface area contributed by atoms with E-state index in [-0.39, 0.29) is 0 Å². The molecule has 1 heterocycles. The van der Waals surface area contributed by atoms with Crippen molar-refractivity contribution in [2.24, 2.45) is 5.73 Å². The molecule has 3 N–H and O–H groups in total. The van der Waals surface area contributed by atoms with Gasteiger partial charge in [0.05, 0.1) is 24.7 Å². The predicted molar refractivity (Wildman–Crippen MR) is 88.2 cm³/mol. The van der Waals surface area contributed by atoms with E-state index in [0.717, 1.165) is 41.5 Å². The summed E-state index contributed by atoms with van der Waals surface area (Å²) >= 11 is 0. The van der Waals surface area contributed by atoms with Crippen LogP contribution in [0, 0.1) is 0 Å². The molecule has 5 heteroatoms. The minimum absolute atomic E-state index is 0.537. The van der Waals surface area contributed by atoms with Crippen molar-refractivity contribution < 1.29 is 4.74 Å². The van der Waals surface area contributed by atoms with Gasteiger partial charge in [-0.15, -0.1) is 0 Å². The van der Waals surface area contributed by atoms with Gasteiger partial charge >= 0.3 is 0 Å². The molecule has 0 atom stereocenters. The Balaban J connectivity index is 1.91. The predicted octanol–water partition coefficient (Wildman–Crippen LogP) is 2.79. The molecule has 1 aromatic heterocycles. The van der Waals surface area contributed by atoms with Crippen molar-refractivity contribution in [3.05, 3.63) is 36.3 Å². The van der Waals surface area contributed by atoms with Crippen molar-refractivity contribution in [2.45, 2.75) is 25.2 Å². The Kier molecular flexibility index (Phi) is 4.53. The molecule has 116 valence electrons. The normalized spacial score (nSPS) is 13.9. The molecule has 1 aliphatic rings. The van der Waals surface area contributed by atoms with E-state index in [1.54, 1.807) is 7.11 Å². The van der Waals surface area contributed by atoms with Gasteiger partial charge in [-0.2, -0.15) is 0 Å². The number of anilines is 1. The quantitative estimate of drug-likeness (QED) is 0.769. The van der Waals surface area contributed by atoms with Crippen molar-refractivity contribution in [3.63, 3.8) is 0 Å². The van der Waals surface area contributed by atoms with E-state index in [1.807, 2.05) is 30.5 Å². The van der Waals surface area contributed by atoms with Crippen LogP contribution in [-0.4, -0.2) is 30.2 Å². The lowest BCUT2D eigenvalue weighted by Crippen LogP contribution is -2.10. The van der Waals surface area contributed by atoms with E-state index in [1.165, 1.54) is 12.8 Å². The molecule has 0 spiro atoms. The van der Waals surface area contributed by atoms with Crippen LogP contribution in [0.3, 0.4) is 0 Å². The highest BCUT2D eigenvalue weighted by atomic mass is 16.5. The van der Waals surface area contributed by atoms with Crippen LogP contribution >= 0.6 is 0 Å². The van der Waals surface area contributed by atoms with Gasteiger partial charge in [-0.05, 0) is 50.1 Å². The smallest absolute Gasteiger partial charge is 0.132 e. The number of hydrogen-bond acceptors (Lipinski definition) is 5. The fourth-order valence-electron chi connectivity index (χ4n) is 2.36. The Morgan fingerprint density at radius 2 is 2.05 bits per heavy atom. The van der Waals surface area contributed by atoms with E-state index >= 15 is 0 Å². The molecule has 2 aromatic rings. The molecule has 1 saturated carbocycles. The molecule has 0 radical (unpaired) electrons. The molecule has 1 aliphatic carbocycles. The van der Waals surface area contributed by atoms with Gasteiger partial charge in [0.1, 0.15) is 11.6 Å². The summed E-state index contributed by atoms with van der Waals surface area (Å²) in [6.07, 6.45) is 5.22. The largest absolute Gasteiger partial charge is 0.497 e. The van der Waals surface area contributed by atoms with Crippen molar-refractivity contribution in [1.29, 1.82) is 0 Å². The van der Waals surface area contributed by atoms with Gasteiger partial charge in [0, 0.05) is 18.0 Å². The fourth-order valence-corrected chi connectivity index (χ4v) is 2.36. The van der Waals surface area contributed by atoms with Crippen LogP contribution in [0.5, 0.6) is 5.75 Å². The number of rotatable bonds is 7. The number of nitrogens with two attached hydrogens (primary N) is 1. The lowest BCUT2D eigenvalue weighted by atomic mass is 10.1. The maximum absolute atomic E-state index is 5.56. The average Bonchev–Trinajstić information content (AvgIpc) is 3.40. The third kappa shape index (κ3) is 3.36. The molecular formula is C17H22N4O. The van der Waals surface area contributed by atoms with Crippen LogP contribution in [0.25, 0.3) is 11.3 Å². The topological polar surface area (TPSA) is 73.1 Å². The zero-order chi connectivity index (χ0) is 15.4. The Bertz CT molecular complexity index is 623. The summed E-state index contributed by atoms with van der Waals surface area (Å²) in [5, 5.41) is 3.39. The third-order valence-corrected chi connectivity index (χ3v) is 3.81. The Labute approximate surface area is 130 Å². The van der Waals surface area contributed by atoms with Crippen molar-refractivity contribution in [2.75, 3.05) is 25.5 Å². The zero-order valence-electron chi connectivity index (χ0n) is 12.9. The molecule has 3 rings (SSSR count). The summed E-state index contributed by atoms with van der Waals surface area (Å²) in [4.78, 5) is 9.30. The first-order valence-corrected chi connectivity index (χ1v) is 7.77. The second kappa shape index (κ2) is 6.75. The minimum atomic E-state index is 0.537. The van der Waals surface area contributed by atoms with Crippen LogP contribution in [0.4, 0.5) is 5.69 Å². The Hall–Kier alpha value is -2.14. The molecular weight excluding hydrogens is 276 g/mol. The number of benzene rings is 1. The Morgan fingerprint density at radius 3 is 2.68 bits per heavy atom. The number of hydrogen-bond donors (Lipinski definition) is 2. The first-order valence-electron chi connectivity index (χ1n) is 7.77. The van der Waals surface area contributed by atoms with E-state index in [0.29, 0.717) is 12.5 Å². The first-order chi connectivity index (χ1) is 10.8. The summed E-state index contributed by atoms with van der Waals surface area (Å²) in [7, 11) is 1.67. The number of ether oxygens (including phenoxy) is 1. The highest BCUT2D eigenvalue weighted by Crippen LogP contribution is 2.39. The lowest BCUT2D eigenvalue weighted by Gasteiger charge is -2.12. The van der Waals surface area contributed by atoms with Gasteiger partial charge < -0.3 is 15.8 Å². The molecule has 0 amide bonds. The average molecular weight is 298 g/mol. The van der Waals surface area contributed by atoms with Gasteiger partial charge in [-0.1, -0.05) is 0 Å². The molecule has 1 aromatic carbocycles. The van der Waals surface area contributed by atoms with Crippen molar-refractivity contribution >= 4 is 5.69 Å². The highest BCUT2D eigenvalue weighted by molar-refractivity contribution is 5.74. The van der Waals surface area contributed by atoms with Gasteiger partial charge in [-0.3, -0.25) is 0 Å². The second-order valence-corrected chi connectivity index (χ2v) is 5.56. The summed E-state index contributed by atoms with van der Waals surface area (Å²) in [6.45, 7) is 1.50. The van der Waals surface area contributed by atoms with Crippen LogP contribution in [0.1, 0.15) is 31.0 Å². The van der Waals surface area contributed by atoms with Crippen LogP contribution in [-0.2, 0) is 0 Å². The third-order valence-electron chi connectivity index (χ3n) is 3.81. The fraction of sp³-hybridized carbons (Fsp3) is 0.412. The number of methoxy groups -OCH3 is 1. The lowest BCUT2D eigenvalue weighted by molar-refractivity contribution is 0.415. The van der Waals surface area contributed by atoms with E-state index in [9.17, 15) is 0 Å². The van der Waals surface area contributed by atoms with Gasteiger partial charge in [0.25, 0.3) is 0 Å².